The van der Waals surface area contributed by atoms with E-state index >= 15 is 0 Å². The Balaban J connectivity index is 2.09. The van der Waals surface area contributed by atoms with Crippen LogP contribution in [-0.4, -0.2) is 14.5 Å². The molecule has 2 aromatic rings. The van der Waals surface area contributed by atoms with Gasteiger partial charge in [0.25, 0.3) is 0 Å². The second-order valence-corrected chi connectivity index (χ2v) is 4.44. The highest BCUT2D eigenvalue weighted by atomic mass is 32.1. The van der Waals surface area contributed by atoms with Crippen molar-refractivity contribution in [2.45, 2.75) is 25.9 Å². The third-order valence-corrected chi connectivity index (χ3v) is 3.36. The van der Waals surface area contributed by atoms with Gasteiger partial charge in [-0.1, -0.05) is 6.92 Å². The van der Waals surface area contributed by atoms with E-state index in [1.807, 2.05) is 24.1 Å². The second-order valence-electron chi connectivity index (χ2n) is 3.51. The predicted octanol–water partition coefficient (Wildman–Crippen LogP) is 1.60. The largest absolute Gasteiger partial charge is 0.333 e. The molecule has 5 heteroatoms. The molecule has 0 bridgehead atoms. The summed E-state index contributed by atoms with van der Waals surface area (Å²) in [4.78, 5) is 8.40. The lowest BCUT2D eigenvalue weighted by Crippen LogP contribution is -2.10. The molecule has 2 rings (SSSR count). The highest BCUT2D eigenvalue weighted by Gasteiger charge is 2.10. The van der Waals surface area contributed by atoms with E-state index in [1.54, 1.807) is 11.3 Å². The second kappa shape index (κ2) is 4.55. The molecule has 2 N–H and O–H groups in total. The monoisotopic (exact) mass is 222 g/mol. The molecule has 2 heterocycles. The SMILES string of the molecule is CC(Cn1cncc1CN)c1nccs1. The molecule has 1 atom stereocenters. The van der Waals surface area contributed by atoms with E-state index < -0.39 is 0 Å². The van der Waals surface area contributed by atoms with Gasteiger partial charge in [0, 0.05) is 36.8 Å². The zero-order valence-electron chi connectivity index (χ0n) is 8.63. The van der Waals surface area contributed by atoms with Crippen molar-refractivity contribution < 1.29 is 0 Å². The summed E-state index contributed by atoms with van der Waals surface area (Å²) in [5, 5.41) is 3.16. The topological polar surface area (TPSA) is 56.7 Å². The maximum Gasteiger partial charge on any atom is 0.0970 e. The minimum atomic E-state index is 0.407. The van der Waals surface area contributed by atoms with Crippen LogP contribution in [0, 0.1) is 0 Å². The number of nitrogens with zero attached hydrogens (tertiary/aromatic N) is 3. The fourth-order valence-corrected chi connectivity index (χ4v) is 2.22. The van der Waals surface area contributed by atoms with Gasteiger partial charge < -0.3 is 10.3 Å². The highest BCUT2D eigenvalue weighted by Crippen LogP contribution is 2.19. The standard InChI is InChI=1S/C10H14N4S/c1-8(10-13-2-3-15-10)6-14-7-12-5-9(14)4-11/h2-3,5,7-8H,4,6,11H2,1H3. The van der Waals surface area contributed by atoms with Crippen LogP contribution in [0.4, 0.5) is 0 Å². The molecule has 0 fully saturated rings. The lowest BCUT2D eigenvalue weighted by Gasteiger charge is -2.11. The molecule has 0 aliphatic rings. The molecule has 0 aliphatic heterocycles. The lowest BCUT2D eigenvalue weighted by molar-refractivity contribution is 0.575. The molecule has 0 amide bonds. The van der Waals surface area contributed by atoms with E-state index in [0.717, 1.165) is 17.2 Å². The van der Waals surface area contributed by atoms with E-state index in [0.29, 0.717) is 12.5 Å². The summed E-state index contributed by atoms with van der Waals surface area (Å²) in [6.45, 7) is 3.59. The number of aromatic nitrogens is 3. The summed E-state index contributed by atoms with van der Waals surface area (Å²) in [6, 6.07) is 0. The van der Waals surface area contributed by atoms with Crippen LogP contribution in [0.25, 0.3) is 0 Å². The van der Waals surface area contributed by atoms with Gasteiger partial charge in [0.05, 0.1) is 17.0 Å². The Kier molecular flexibility index (Phi) is 3.13. The van der Waals surface area contributed by atoms with Gasteiger partial charge in [-0.3, -0.25) is 0 Å². The molecule has 15 heavy (non-hydrogen) atoms. The van der Waals surface area contributed by atoms with E-state index in [9.17, 15) is 0 Å². The average molecular weight is 222 g/mol. The fourth-order valence-electron chi connectivity index (χ4n) is 1.53. The van der Waals surface area contributed by atoms with Gasteiger partial charge in [0.15, 0.2) is 0 Å². The van der Waals surface area contributed by atoms with Gasteiger partial charge in [-0.2, -0.15) is 0 Å². The third kappa shape index (κ3) is 2.24. The van der Waals surface area contributed by atoms with Crippen LogP contribution in [0.2, 0.25) is 0 Å². The van der Waals surface area contributed by atoms with Gasteiger partial charge >= 0.3 is 0 Å². The van der Waals surface area contributed by atoms with Crippen LogP contribution in [0.15, 0.2) is 24.1 Å². The highest BCUT2D eigenvalue weighted by molar-refractivity contribution is 7.09. The summed E-state index contributed by atoms with van der Waals surface area (Å²) in [5.74, 6) is 0.407. The first-order chi connectivity index (χ1) is 7.31. The molecule has 4 nitrogen and oxygen atoms in total. The normalized spacial score (nSPS) is 12.9. The van der Waals surface area contributed by atoms with Gasteiger partial charge in [-0.25, -0.2) is 9.97 Å². The van der Waals surface area contributed by atoms with E-state index in [1.165, 1.54) is 0 Å². The van der Waals surface area contributed by atoms with Crippen LogP contribution in [-0.2, 0) is 13.1 Å². The van der Waals surface area contributed by atoms with Crippen molar-refractivity contribution in [2.24, 2.45) is 5.73 Å². The number of nitrogens with two attached hydrogens (primary N) is 1. The van der Waals surface area contributed by atoms with Crippen molar-refractivity contribution in [3.8, 4) is 0 Å². The van der Waals surface area contributed by atoms with Crippen LogP contribution < -0.4 is 5.73 Å². The van der Waals surface area contributed by atoms with E-state index in [2.05, 4.69) is 21.5 Å². The van der Waals surface area contributed by atoms with Crippen molar-refractivity contribution in [1.29, 1.82) is 0 Å². The zero-order valence-corrected chi connectivity index (χ0v) is 9.44. The van der Waals surface area contributed by atoms with Crippen LogP contribution in [0.3, 0.4) is 0 Å². The molecule has 1 unspecified atom stereocenters. The quantitative estimate of drug-likeness (QED) is 0.855. The molecule has 2 aromatic heterocycles. The molecule has 0 radical (unpaired) electrons. The van der Waals surface area contributed by atoms with Crippen LogP contribution in [0.5, 0.6) is 0 Å². The number of rotatable bonds is 4. The summed E-state index contributed by atoms with van der Waals surface area (Å²) < 4.78 is 2.09. The van der Waals surface area contributed by atoms with Gasteiger partial charge in [-0.15, -0.1) is 11.3 Å². The predicted molar refractivity (Wildman–Crippen MR) is 60.6 cm³/mol. The summed E-state index contributed by atoms with van der Waals surface area (Å²) in [7, 11) is 0. The molecule has 0 aliphatic carbocycles. The number of hydrogen-bond acceptors (Lipinski definition) is 4. The maximum absolute atomic E-state index is 5.62. The van der Waals surface area contributed by atoms with Crippen molar-refractivity contribution in [2.75, 3.05) is 0 Å². The molecule has 0 aromatic carbocycles. The zero-order chi connectivity index (χ0) is 10.7. The minimum absolute atomic E-state index is 0.407. The molecule has 0 saturated heterocycles. The Morgan fingerprint density at radius 3 is 3.13 bits per heavy atom. The first-order valence-electron chi connectivity index (χ1n) is 4.89. The van der Waals surface area contributed by atoms with Crippen molar-refractivity contribution in [3.05, 3.63) is 34.8 Å². The summed E-state index contributed by atoms with van der Waals surface area (Å²) in [5.41, 5.74) is 6.68. The Morgan fingerprint density at radius 2 is 2.47 bits per heavy atom. The number of hydrogen-bond donors (Lipinski definition) is 1. The van der Waals surface area contributed by atoms with Gasteiger partial charge in [0.1, 0.15) is 0 Å². The van der Waals surface area contributed by atoms with Crippen LogP contribution >= 0.6 is 11.3 Å². The van der Waals surface area contributed by atoms with Crippen molar-refractivity contribution in [1.82, 2.24) is 14.5 Å². The Morgan fingerprint density at radius 1 is 1.60 bits per heavy atom. The number of imidazole rings is 1. The Labute approximate surface area is 92.8 Å². The lowest BCUT2D eigenvalue weighted by atomic mass is 10.2. The molecule has 80 valence electrons. The molecule has 0 spiro atoms. The molecular formula is C10H14N4S. The average Bonchev–Trinajstić information content (AvgIpc) is 2.87. The third-order valence-electron chi connectivity index (χ3n) is 2.35. The number of thiazole rings is 1. The fraction of sp³-hybridized carbons (Fsp3) is 0.400. The smallest absolute Gasteiger partial charge is 0.0970 e. The van der Waals surface area contributed by atoms with Gasteiger partial charge in [-0.05, 0) is 0 Å². The first kappa shape index (κ1) is 10.3. The first-order valence-corrected chi connectivity index (χ1v) is 5.77. The van der Waals surface area contributed by atoms with E-state index in [4.69, 9.17) is 5.73 Å². The Bertz CT molecular complexity index is 407. The summed E-state index contributed by atoms with van der Waals surface area (Å²) >= 11 is 1.69. The maximum atomic E-state index is 5.62. The minimum Gasteiger partial charge on any atom is -0.333 e. The molecule has 0 saturated carbocycles. The van der Waals surface area contributed by atoms with E-state index in [-0.39, 0.29) is 0 Å². The molecular weight excluding hydrogens is 208 g/mol. The Hall–Kier alpha value is -1.20. The summed E-state index contributed by atoms with van der Waals surface area (Å²) in [6.07, 6.45) is 5.48. The van der Waals surface area contributed by atoms with Crippen molar-refractivity contribution in [3.63, 3.8) is 0 Å². The van der Waals surface area contributed by atoms with Gasteiger partial charge in [0.2, 0.25) is 0 Å². The van der Waals surface area contributed by atoms with Crippen LogP contribution in [0.1, 0.15) is 23.5 Å². The van der Waals surface area contributed by atoms with Crippen molar-refractivity contribution >= 4 is 11.3 Å².